The van der Waals surface area contributed by atoms with Gasteiger partial charge in [0.05, 0.1) is 20.8 Å². The zero-order valence-electron chi connectivity index (χ0n) is 15.5. The SMILES string of the molecule is COc1ccc(C[NH2+]CCc2c(C)[nH]c3ccccc23)c(OC)c1C. The van der Waals surface area contributed by atoms with Crippen molar-refractivity contribution >= 4 is 10.9 Å². The molecule has 0 fully saturated rings. The molecule has 0 spiro atoms. The van der Waals surface area contributed by atoms with E-state index >= 15 is 0 Å². The average molecular weight is 339 g/mol. The third-order valence-electron chi connectivity index (χ3n) is 4.85. The van der Waals surface area contributed by atoms with E-state index in [9.17, 15) is 0 Å². The van der Waals surface area contributed by atoms with E-state index in [1.165, 1.54) is 27.7 Å². The van der Waals surface area contributed by atoms with Crippen LogP contribution in [0.4, 0.5) is 0 Å². The van der Waals surface area contributed by atoms with Crippen molar-refractivity contribution in [1.29, 1.82) is 0 Å². The summed E-state index contributed by atoms with van der Waals surface area (Å²) in [5.74, 6) is 1.80. The van der Waals surface area contributed by atoms with Crippen molar-refractivity contribution in [2.45, 2.75) is 26.8 Å². The molecule has 0 radical (unpaired) electrons. The van der Waals surface area contributed by atoms with Gasteiger partial charge in [-0.15, -0.1) is 0 Å². The van der Waals surface area contributed by atoms with E-state index < -0.39 is 0 Å². The van der Waals surface area contributed by atoms with E-state index in [-0.39, 0.29) is 0 Å². The molecule has 2 aromatic carbocycles. The maximum Gasteiger partial charge on any atom is 0.134 e. The molecule has 0 bridgehead atoms. The van der Waals surface area contributed by atoms with Crippen LogP contribution in [0.1, 0.15) is 22.4 Å². The summed E-state index contributed by atoms with van der Waals surface area (Å²) in [6.07, 6.45) is 1.05. The predicted octanol–water partition coefficient (Wildman–Crippen LogP) is 3.11. The molecular weight excluding hydrogens is 312 g/mol. The van der Waals surface area contributed by atoms with Crippen LogP contribution in [0.2, 0.25) is 0 Å². The van der Waals surface area contributed by atoms with Crippen LogP contribution in [0, 0.1) is 13.8 Å². The molecule has 0 saturated heterocycles. The quantitative estimate of drug-likeness (QED) is 0.650. The maximum atomic E-state index is 5.59. The van der Waals surface area contributed by atoms with E-state index in [1.807, 2.05) is 13.0 Å². The summed E-state index contributed by atoms with van der Waals surface area (Å²) in [6, 6.07) is 12.6. The van der Waals surface area contributed by atoms with E-state index in [4.69, 9.17) is 9.47 Å². The minimum Gasteiger partial charge on any atom is -0.496 e. The number of nitrogens with one attached hydrogen (secondary N) is 1. The first kappa shape index (κ1) is 17.4. The summed E-state index contributed by atoms with van der Waals surface area (Å²) in [5, 5.41) is 3.68. The summed E-state index contributed by atoms with van der Waals surface area (Å²) in [4.78, 5) is 3.48. The molecule has 1 aromatic heterocycles. The molecule has 0 amide bonds. The number of benzene rings is 2. The van der Waals surface area contributed by atoms with Crippen molar-refractivity contribution in [2.75, 3.05) is 20.8 Å². The second-order valence-electron chi connectivity index (χ2n) is 6.39. The van der Waals surface area contributed by atoms with Crippen molar-refractivity contribution < 1.29 is 14.8 Å². The van der Waals surface area contributed by atoms with Gasteiger partial charge in [-0.05, 0) is 37.6 Å². The lowest BCUT2D eigenvalue weighted by molar-refractivity contribution is -0.670. The highest BCUT2D eigenvalue weighted by atomic mass is 16.5. The zero-order valence-corrected chi connectivity index (χ0v) is 15.5. The van der Waals surface area contributed by atoms with Gasteiger partial charge in [0.15, 0.2) is 0 Å². The number of methoxy groups -OCH3 is 2. The monoisotopic (exact) mass is 339 g/mol. The fraction of sp³-hybridized carbons (Fsp3) is 0.333. The molecule has 0 saturated carbocycles. The third-order valence-corrected chi connectivity index (χ3v) is 4.85. The number of para-hydroxylation sites is 1. The Labute approximate surface area is 149 Å². The van der Waals surface area contributed by atoms with Gasteiger partial charge < -0.3 is 19.8 Å². The number of fused-ring (bicyclic) bond motifs is 1. The van der Waals surface area contributed by atoms with E-state index in [1.54, 1.807) is 14.2 Å². The summed E-state index contributed by atoms with van der Waals surface area (Å²) < 4.78 is 11.0. The standard InChI is InChI=1S/C21H26N2O2/c1-14-20(24-3)10-9-16(21(14)25-4)13-22-12-11-17-15(2)23-19-8-6-5-7-18(17)19/h5-10,22-23H,11-13H2,1-4H3/p+1. The smallest absolute Gasteiger partial charge is 0.134 e. The highest BCUT2D eigenvalue weighted by Gasteiger charge is 2.13. The molecule has 3 rings (SSSR count). The Kier molecular flexibility index (Phi) is 5.29. The van der Waals surface area contributed by atoms with Crippen molar-refractivity contribution in [3.05, 3.63) is 58.8 Å². The van der Waals surface area contributed by atoms with Gasteiger partial charge in [-0.25, -0.2) is 0 Å². The number of aromatic nitrogens is 1. The lowest BCUT2D eigenvalue weighted by Crippen LogP contribution is -2.83. The van der Waals surface area contributed by atoms with Gasteiger partial charge in [-0.2, -0.15) is 0 Å². The van der Waals surface area contributed by atoms with Crippen LogP contribution in [-0.2, 0) is 13.0 Å². The summed E-state index contributed by atoms with van der Waals surface area (Å²) in [7, 11) is 3.41. The Morgan fingerprint density at radius 1 is 1.00 bits per heavy atom. The van der Waals surface area contributed by atoms with Crippen LogP contribution in [0.5, 0.6) is 11.5 Å². The van der Waals surface area contributed by atoms with Gasteiger partial charge in [-0.3, -0.25) is 0 Å². The summed E-state index contributed by atoms with van der Waals surface area (Å²) in [5.41, 5.74) is 6.18. The van der Waals surface area contributed by atoms with Gasteiger partial charge in [0.1, 0.15) is 18.0 Å². The first-order valence-electron chi connectivity index (χ1n) is 8.74. The maximum absolute atomic E-state index is 5.59. The van der Waals surface area contributed by atoms with Crippen molar-refractivity contribution in [3.63, 3.8) is 0 Å². The number of H-pyrrole nitrogens is 1. The molecule has 0 atom stereocenters. The minimum atomic E-state index is 0.870. The Bertz CT molecular complexity index is 868. The van der Waals surface area contributed by atoms with Crippen molar-refractivity contribution in [3.8, 4) is 11.5 Å². The Morgan fingerprint density at radius 3 is 2.56 bits per heavy atom. The number of aromatic amines is 1. The molecule has 0 unspecified atom stereocenters. The van der Waals surface area contributed by atoms with Crippen LogP contribution in [0.15, 0.2) is 36.4 Å². The largest absolute Gasteiger partial charge is 0.496 e. The number of hydrogen-bond donors (Lipinski definition) is 2. The molecule has 3 aromatic rings. The molecule has 0 aliphatic carbocycles. The first-order chi connectivity index (χ1) is 12.2. The third kappa shape index (κ3) is 3.49. The van der Waals surface area contributed by atoms with Gasteiger partial charge >= 0.3 is 0 Å². The van der Waals surface area contributed by atoms with Crippen molar-refractivity contribution in [1.82, 2.24) is 4.98 Å². The first-order valence-corrected chi connectivity index (χ1v) is 8.74. The van der Waals surface area contributed by atoms with Gasteiger partial charge in [-0.1, -0.05) is 18.2 Å². The van der Waals surface area contributed by atoms with Crippen LogP contribution >= 0.6 is 0 Å². The Balaban J connectivity index is 1.65. The van der Waals surface area contributed by atoms with E-state index in [0.717, 1.165) is 36.6 Å². The molecule has 132 valence electrons. The van der Waals surface area contributed by atoms with Gasteiger partial charge in [0.2, 0.25) is 0 Å². The van der Waals surface area contributed by atoms with Gasteiger partial charge in [0.25, 0.3) is 0 Å². The molecular formula is C21H27N2O2+. The summed E-state index contributed by atoms with van der Waals surface area (Å²) in [6.45, 7) is 6.13. The second kappa shape index (κ2) is 7.62. The van der Waals surface area contributed by atoms with E-state index in [0.29, 0.717) is 0 Å². The topological polar surface area (TPSA) is 50.9 Å². The lowest BCUT2D eigenvalue weighted by atomic mass is 10.1. The molecule has 4 heteroatoms. The van der Waals surface area contributed by atoms with Crippen molar-refractivity contribution in [2.24, 2.45) is 0 Å². The second-order valence-corrected chi connectivity index (χ2v) is 6.39. The summed E-state index contributed by atoms with van der Waals surface area (Å²) >= 11 is 0. The number of rotatable bonds is 7. The molecule has 4 nitrogen and oxygen atoms in total. The Hall–Kier alpha value is -2.46. The molecule has 1 heterocycles. The number of ether oxygens (including phenoxy) is 2. The van der Waals surface area contributed by atoms with Crippen LogP contribution < -0.4 is 14.8 Å². The molecule has 0 aliphatic heterocycles. The van der Waals surface area contributed by atoms with E-state index in [2.05, 4.69) is 47.6 Å². The average Bonchev–Trinajstić information content (AvgIpc) is 2.94. The molecule has 25 heavy (non-hydrogen) atoms. The number of aryl methyl sites for hydroxylation is 1. The lowest BCUT2D eigenvalue weighted by Gasteiger charge is -2.13. The molecule has 0 aliphatic rings. The highest BCUT2D eigenvalue weighted by molar-refractivity contribution is 5.84. The fourth-order valence-electron chi connectivity index (χ4n) is 3.56. The number of quaternary nitrogens is 1. The predicted molar refractivity (Wildman–Crippen MR) is 102 cm³/mol. The Morgan fingerprint density at radius 2 is 1.80 bits per heavy atom. The van der Waals surface area contributed by atoms with Gasteiger partial charge in [0, 0.05) is 34.1 Å². The normalized spacial score (nSPS) is 11.0. The molecule has 3 N–H and O–H groups in total. The number of nitrogens with two attached hydrogens (primary N) is 1. The van der Waals surface area contributed by atoms with Crippen LogP contribution in [0.25, 0.3) is 10.9 Å². The minimum absolute atomic E-state index is 0.870. The van der Waals surface area contributed by atoms with Crippen LogP contribution in [0.3, 0.4) is 0 Å². The fourth-order valence-corrected chi connectivity index (χ4v) is 3.56. The number of hydrogen-bond acceptors (Lipinski definition) is 2. The zero-order chi connectivity index (χ0) is 17.8. The highest BCUT2D eigenvalue weighted by Crippen LogP contribution is 2.30. The van der Waals surface area contributed by atoms with Crippen LogP contribution in [-0.4, -0.2) is 25.7 Å².